The number of hydrogen-bond acceptors (Lipinski definition) is 7. The fourth-order valence-corrected chi connectivity index (χ4v) is 4.79. The predicted molar refractivity (Wildman–Crippen MR) is 129 cm³/mol. The molecule has 0 amide bonds. The number of halogens is 1. The molecule has 0 spiro atoms. The van der Waals surface area contributed by atoms with Gasteiger partial charge in [0, 0.05) is 18.0 Å². The summed E-state index contributed by atoms with van der Waals surface area (Å²) in [7, 11) is 0. The van der Waals surface area contributed by atoms with Crippen molar-refractivity contribution in [2.45, 2.75) is 5.92 Å². The summed E-state index contributed by atoms with van der Waals surface area (Å²) in [6.07, 6.45) is 4.94. The van der Waals surface area contributed by atoms with Gasteiger partial charge in [0.25, 0.3) is 0 Å². The molecule has 0 fully saturated rings. The molecule has 0 N–H and O–H groups in total. The summed E-state index contributed by atoms with van der Waals surface area (Å²) in [6, 6.07) is 18.3. The lowest BCUT2D eigenvalue weighted by molar-refractivity contribution is 0.422. The van der Waals surface area contributed by atoms with Gasteiger partial charge in [-0.15, -0.1) is 5.10 Å². The van der Waals surface area contributed by atoms with Crippen LogP contribution in [-0.2, 0) is 0 Å². The maximum atomic E-state index is 13.3. The van der Waals surface area contributed by atoms with Crippen LogP contribution in [0.1, 0.15) is 22.6 Å². The van der Waals surface area contributed by atoms with Gasteiger partial charge in [0.15, 0.2) is 17.2 Å². The zero-order valence-corrected chi connectivity index (χ0v) is 18.7. The monoisotopic (exact) mass is 479 g/mol. The number of fused-ring (bicyclic) bond motifs is 6. The molecule has 168 valence electrons. The number of nitrogens with zero attached hydrogens (tertiary/aromatic N) is 5. The Hall–Kier alpha value is -4.56. The molecule has 1 aliphatic rings. The maximum absolute atomic E-state index is 13.3. The Labute approximate surface area is 202 Å². The SMILES string of the molecule is O=c1oc2ccccc2c2c1C(c1cccnc1)c1c(ncn3nc(-c4ccccc4Cl)nc13)O2. The molecule has 0 radical (unpaired) electrons. The molecule has 6 aromatic rings. The smallest absolute Gasteiger partial charge is 0.344 e. The van der Waals surface area contributed by atoms with Gasteiger partial charge in [-0.2, -0.15) is 0 Å². The van der Waals surface area contributed by atoms with Gasteiger partial charge in [0.2, 0.25) is 5.88 Å². The fourth-order valence-electron chi connectivity index (χ4n) is 4.57. The van der Waals surface area contributed by atoms with E-state index in [0.717, 1.165) is 5.56 Å². The Morgan fingerprint density at radius 2 is 1.83 bits per heavy atom. The molecular weight excluding hydrogens is 466 g/mol. The van der Waals surface area contributed by atoms with E-state index in [-0.39, 0.29) is 0 Å². The van der Waals surface area contributed by atoms with Crippen molar-refractivity contribution in [3.8, 4) is 23.0 Å². The van der Waals surface area contributed by atoms with Gasteiger partial charge in [-0.05, 0) is 35.9 Å². The number of ether oxygens (including phenoxy) is 1. The van der Waals surface area contributed by atoms with E-state index in [4.69, 9.17) is 25.7 Å². The second kappa shape index (κ2) is 7.48. The number of aromatic nitrogens is 5. The number of para-hydroxylation sites is 1. The maximum Gasteiger partial charge on any atom is 0.344 e. The molecule has 1 atom stereocenters. The van der Waals surface area contributed by atoms with Crippen LogP contribution in [0.5, 0.6) is 11.6 Å². The number of hydrogen-bond donors (Lipinski definition) is 0. The second-order valence-electron chi connectivity index (χ2n) is 8.10. The van der Waals surface area contributed by atoms with Gasteiger partial charge in [-0.25, -0.2) is 19.3 Å². The van der Waals surface area contributed by atoms with E-state index in [1.54, 1.807) is 41.4 Å². The van der Waals surface area contributed by atoms with Crippen LogP contribution in [0, 0.1) is 0 Å². The molecule has 7 rings (SSSR count). The summed E-state index contributed by atoms with van der Waals surface area (Å²) in [4.78, 5) is 27.0. The fraction of sp³-hybridized carbons (Fsp3) is 0.0385. The van der Waals surface area contributed by atoms with Crippen LogP contribution in [0.2, 0.25) is 5.02 Å². The number of pyridine rings is 1. The van der Waals surface area contributed by atoms with Crippen LogP contribution in [0.25, 0.3) is 28.0 Å². The van der Waals surface area contributed by atoms with Crippen molar-refractivity contribution < 1.29 is 9.15 Å². The van der Waals surface area contributed by atoms with E-state index < -0.39 is 11.5 Å². The number of benzene rings is 2. The lowest BCUT2D eigenvalue weighted by Crippen LogP contribution is -2.22. The molecule has 0 saturated carbocycles. The van der Waals surface area contributed by atoms with Gasteiger partial charge in [-0.3, -0.25) is 4.98 Å². The van der Waals surface area contributed by atoms with Crippen molar-refractivity contribution in [1.29, 1.82) is 0 Å². The van der Waals surface area contributed by atoms with E-state index in [1.165, 1.54) is 0 Å². The molecule has 0 aliphatic carbocycles. The molecule has 9 heteroatoms. The highest BCUT2D eigenvalue weighted by atomic mass is 35.5. The number of rotatable bonds is 2. The van der Waals surface area contributed by atoms with E-state index >= 15 is 0 Å². The minimum Gasteiger partial charge on any atom is -0.437 e. The van der Waals surface area contributed by atoms with Crippen LogP contribution in [0.3, 0.4) is 0 Å². The predicted octanol–water partition coefficient (Wildman–Crippen LogP) is 5.23. The Morgan fingerprint density at radius 1 is 0.971 bits per heavy atom. The molecule has 0 saturated heterocycles. The average Bonchev–Trinajstić information content (AvgIpc) is 3.33. The quantitative estimate of drug-likeness (QED) is 0.313. The van der Waals surface area contributed by atoms with Crippen molar-refractivity contribution >= 4 is 28.2 Å². The highest BCUT2D eigenvalue weighted by molar-refractivity contribution is 6.33. The first-order valence-corrected chi connectivity index (χ1v) is 11.2. The molecule has 1 unspecified atom stereocenters. The molecule has 2 aromatic carbocycles. The average molecular weight is 480 g/mol. The van der Waals surface area contributed by atoms with Crippen molar-refractivity contribution in [3.63, 3.8) is 0 Å². The minimum atomic E-state index is -0.581. The highest BCUT2D eigenvalue weighted by Crippen LogP contribution is 2.48. The lowest BCUT2D eigenvalue weighted by atomic mass is 9.85. The molecular formula is C26H14ClN5O3. The molecule has 4 aromatic heterocycles. The van der Waals surface area contributed by atoms with Crippen LogP contribution in [0.4, 0.5) is 0 Å². The van der Waals surface area contributed by atoms with Gasteiger partial charge in [0.1, 0.15) is 11.9 Å². The standard InChI is InChI=1S/C26H14ClN5O3/c27-17-9-3-1-7-15(17)23-30-24-21-19(14-6-5-11-28-12-14)20-22(35-25(21)29-13-32(24)31-23)16-8-2-4-10-18(16)34-26(20)33/h1-13,19H. The van der Waals surface area contributed by atoms with Crippen LogP contribution in [-0.4, -0.2) is 24.6 Å². The van der Waals surface area contributed by atoms with Gasteiger partial charge in [-0.1, -0.05) is 41.9 Å². The summed E-state index contributed by atoms with van der Waals surface area (Å²) in [5, 5.41) is 5.81. The second-order valence-corrected chi connectivity index (χ2v) is 8.50. The van der Waals surface area contributed by atoms with E-state index in [1.807, 2.05) is 42.5 Å². The third-order valence-corrected chi connectivity index (χ3v) is 6.42. The zero-order valence-electron chi connectivity index (χ0n) is 17.9. The van der Waals surface area contributed by atoms with Crippen molar-refractivity contribution in [1.82, 2.24) is 24.6 Å². The Morgan fingerprint density at radius 3 is 2.69 bits per heavy atom. The Bertz CT molecular complexity index is 1830. The summed E-state index contributed by atoms with van der Waals surface area (Å²) in [6.45, 7) is 0. The first kappa shape index (κ1) is 19.9. The Balaban J connectivity index is 1.56. The lowest BCUT2D eigenvalue weighted by Gasteiger charge is -2.27. The van der Waals surface area contributed by atoms with E-state index in [2.05, 4.69) is 15.1 Å². The third-order valence-electron chi connectivity index (χ3n) is 6.09. The minimum absolute atomic E-state index is 0.340. The zero-order chi connectivity index (χ0) is 23.5. The van der Waals surface area contributed by atoms with Crippen LogP contribution >= 0.6 is 11.6 Å². The first-order valence-electron chi connectivity index (χ1n) is 10.8. The van der Waals surface area contributed by atoms with Crippen LogP contribution in [0.15, 0.2) is 88.6 Å². The molecule has 8 nitrogen and oxygen atoms in total. The van der Waals surface area contributed by atoms with Crippen molar-refractivity contribution in [3.05, 3.63) is 112 Å². The summed E-state index contributed by atoms with van der Waals surface area (Å²) in [5.74, 6) is 0.614. The summed E-state index contributed by atoms with van der Waals surface area (Å²) >= 11 is 6.41. The van der Waals surface area contributed by atoms with Crippen molar-refractivity contribution in [2.75, 3.05) is 0 Å². The highest BCUT2D eigenvalue weighted by Gasteiger charge is 2.37. The third kappa shape index (κ3) is 2.97. The van der Waals surface area contributed by atoms with Gasteiger partial charge < -0.3 is 9.15 Å². The normalized spacial score (nSPS) is 14.5. The van der Waals surface area contributed by atoms with Gasteiger partial charge >= 0.3 is 5.63 Å². The summed E-state index contributed by atoms with van der Waals surface area (Å²) in [5.41, 5.74) is 2.87. The molecule has 1 aliphatic heterocycles. The van der Waals surface area contributed by atoms with Crippen LogP contribution < -0.4 is 10.4 Å². The topological polar surface area (TPSA) is 95.4 Å². The van der Waals surface area contributed by atoms with Crippen molar-refractivity contribution in [2.24, 2.45) is 0 Å². The molecule has 35 heavy (non-hydrogen) atoms. The largest absolute Gasteiger partial charge is 0.437 e. The summed E-state index contributed by atoms with van der Waals surface area (Å²) < 4.78 is 13.5. The Kier molecular flexibility index (Phi) is 4.24. The van der Waals surface area contributed by atoms with E-state index in [9.17, 15) is 4.79 Å². The molecule has 5 heterocycles. The molecule has 0 bridgehead atoms. The van der Waals surface area contributed by atoms with E-state index in [0.29, 0.717) is 55.8 Å². The van der Waals surface area contributed by atoms with Gasteiger partial charge in [0.05, 0.1) is 27.5 Å². The first-order chi connectivity index (χ1) is 17.2.